The first-order valence-electron chi connectivity index (χ1n) is 8.30. The lowest BCUT2D eigenvalue weighted by Crippen LogP contribution is -2.49. The van der Waals surface area contributed by atoms with Gasteiger partial charge in [0.05, 0.1) is 0 Å². The Morgan fingerprint density at radius 3 is 2.52 bits per heavy atom. The second-order valence-electron chi connectivity index (χ2n) is 6.01. The number of hydrazone groups is 1. The number of carbonyl (C=O) groups excluding carboxylic acids is 3. The van der Waals surface area contributed by atoms with Gasteiger partial charge in [0.2, 0.25) is 5.91 Å². The van der Waals surface area contributed by atoms with Gasteiger partial charge in [-0.05, 0) is 25.0 Å². The molecule has 8 heteroatoms. The molecule has 1 saturated heterocycles. The minimum absolute atomic E-state index is 0.0340. The van der Waals surface area contributed by atoms with E-state index in [0.717, 1.165) is 0 Å². The third-order valence-corrected chi connectivity index (χ3v) is 4.21. The van der Waals surface area contributed by atoms with Crippen molar-refractivity contribution >= 4 is 23.6 Å². The zero-order valence-corrected chi connectivity index (χ0v) is 13.7. The van der Waals surface area contributed by atoms with Gasteiger partial charge in [0, 0.05) is 32.0 Å². The third kappa shape index (κ3) is 4.56. The maximum atomic E-state index is 12.4. The summed E-state index contributed by atoms with van der Waals surface area (Å²) in [6.45, 7) is 1.06. The number of para-hydroxylation sites is 1. The zero-order valence-electron chi connectivity index (χ0n) is 13.7. The number of hydrogen-bond donors (Lipinski definition) is 2. The maximum Gasteiger partial charge on any atom is 0.412 e. The summed E-state index contributed by atoms with van der Waals surface area (Å²) in [6, 6.07) is 8.83. The van der Waals surface area contributed by atoms with Crippen LogP contribution in [0.3, 0.4) is 0 Å². The van der Waals surface area contributed by atoms with Crippen LogP contribution in [0.1, 0.15) is 25.7 Å². The highest BCUT2D eigenvalue weighted by Gasteiger charge is 2.28. The van der Waals surface area contributed by atoms with E-state index in [1.807, 2.05) is 6.07 Å². The van der Waals surface area contributed by atoms with Gasteiger partial charge in [-0.2, -0.15) is 5.10 Å². The Morgan fingerprint density at radius 1 is 1.16 bits per heavy atom. The van der Waals surface area contributed by atoms with E-state index in [-0.39, 0.29) is 24.3 Å². The Labute approximate surface area is 145 Å². The van der Waals surface area contributed by atoms with Crippen LogP contribution < -0.4 is 15.5 Å². The van der Waals surface area contributed by atoms with Crippen molar-refractivity contribution < 1.29 is 19.1 Å². The van der Waals surface area contributed by atoms with Crippen LogP contribution in [0, 0.1) is 0 Å². The highest BCUT2D eigenvalue weighted by Crippen LogP contribution is 2.14. The summed E-state index contributed by atoms with van der Waals surface area (Å²) in [7, 11) is 0. The molecular formula is C17H20N4O4. The van der Waals surface area contributed by atoms with Gasteiger partial charge in [-0.25, -0.2) is 10.2 Å². The van der Waals surface area contributed by atoms with Crippen molar-refractivity contribution in [3.05, 3.63) is 30.3 Å². The average Bonchev–Trinajstić information content (AvgIpc) is 2.63. The van der Waals surface area contributed by atoms with Crippen molar-refractivity contribution in [3.8, 4) is 5.75 Å². The summed E-state index contributed by atoms with van der Waals surface area (Å²) in [4.78, 5) is 37.1. The molecule has 1 fully saturated rings. The molecule has 2 aliphatic rings. The number of rotatable bonds is 3. The van der Waals surface area contributed by atoms with Gasteiger partial charge in [0.1, 0.15) is 11.5 Å². The standard InChI is InChI=1S/C17H20N4O4/c22-15-7-6-14(19-20-15)16(23)21-10-8-12(9-11-21)18-17(24)25-13-4-2-1-3-5-13/h1-5,12H,6-11H2,(H,18,24)(H,20,22). The molecule has 2 N–H and O–H groups in total. The molecular weight excluding hydrogens is 324 g/mol. The molecule has 0 saturated carbocycles. The van der Waals surface area contributed by atoms with E-state index in [4.69, 9.17) is 4.74 Å². The van der Waals surface area contributed by atoms with Gasteiger partial charge in [-0.15, -0.1) is 0 Å². The van der Waals surface area contributed by atoms with Gasteiger partial charge < -0.3 is 15.0 Å². The molecule has 1 aromatic carbocycles. The van der Waals surface area contributed by atoms with Crippen molar-refractivity contribution in [1.29, 1.82) is 0 Å². The van der Waals surface area contributed by atoms with E-state index in [1.165, 1.54) is 0 Å². The summed E-state index contributed by atoms with van der Waals surface area (Å²) in [6.07, 6.45) is 1.46. The zero-order chi connectivity index (χ0) is 17.6. The van der Waals surface area contributed by atoms with Crippen molar-refractivity contribution in [2.75, 3.05) is 13.1 Å². The molecule has 2 heterocycles. The molecule has 0 aromatic heterocycles. The van der Waals surface area contributed by atoms with E-state index in [0.29, 0.717) is 43.8 Å². The maximum absolute atomic E-state index is 12.4. The first-order valence-corrected chi connectivity index (χ1v) is 8.30. The molecule has 0 bridgehead atoms. The van der Waals surface area contributed by atoms with E-state index in [2.05, 4.69) is 15.8 Å². The first kappa shape index (κ1) is 16.9. The van der Waals surface area contributed by atoms with Gasteiger partial charge in [-0.1, -0.05) is 18.2 Å². The Bertz CT molecular complexity index is 681. The van der Waals surface area contributed by atoms with Crippen LogP contribution in [0.15, 0.2) is 35.4 Å². The number of benzene rings is 1. The highest BCUT2D eigenvalue weighted by molar-refractivity contribution is 6.39. The Balaban J connectivity index is 1.45. The molecule has 132 valence electrons. The number of nitrogens with zero attached hydrogens (tertiary/aromatic N) is 2. The van der Waals surface area contributed by atoms with Crippen molar-refractivity contribution in [1.82, 2.24) is 15.6 Å². The number of carbonyl (C=O) groups is 3. The molecule has 0 spiro atoms. The lowest BCUT2D eigenvalue weighted by Gasteiger charge is -2.32. The monoisotopic (exact) mass is 344 g/mol. The second-order valence-corrected chi connectivity index (χ2v) is 6.01. The summed E-state index contributed by atoms with van der Waals surface area (Å²) in [5.74, 6) is 0.173. The molecule has 2 aliphatic heterocycles. The fourth-order valence-corrected chi connectivity index (χ4v) is 2.83. The van der Waals surface area contributed by atoms with Gasteiger partial charge in [-0.3, -0.25) is 9.59 Å². The minimum Gasteiger partial charge on any atom is -0.410 e. The fourth-order valence-electron chi connectivity index (χ4n) is 2.83. The van der Waals surface area contributed by atoms with Crippen molar-refractivity contribution in [2.24, 2.45) is 5.10 Å². The largest absolute Gasteiger partial charge is 0.412 e. The summed E-state index contributed by atoms with van der Waals surface area (Å²) < 4.78 is 5.21. The predicted molar refractivity (Wildman–Crippen MR) is 90.0 cm³/mol. The highest BCUT2D eigenvalue weighted by atomic mass is 16.6. The average molecular weight is 344 g/mol. The Hall–Kier alpha value is -2.90. The minimum atomic E-state index is -0.490. The number of amides is 3. The smallest absolute Gasteiger partial charge is 0.410 e. The number of likely N-dealkylation sites (tertiary alicyclic amines) is 1. The Morgan fingerprint density at radius 2 is 1.88 bits per heavy atom. The lowest BCUT2D eigenvalue weighted by molar-refractivity contribution is -0.125. The number of nitrogens with one attached hydrogen (secondary N) is 2. The van der Waals surface area contributed by atoms with Crippen LogP contribution in [0.5, 0.6) is 5.75 Å². The van der Waals surface area contributed by atoms with E-state index >= 15 is 0 Å². The molecule has 0 atom stereocenters. The molecule has 25 heavy (non-hydrogen) atoms. The summed E-state index contributed by atoms with van der Waals surface area (Å²) in [5, 5.41) is 6.66. The number of ether oxygens (including phenoxy) is 1. The second kappa shape index (κ2) is 7.78. The fraction of sp³-hybridized carbons (Fsp3) is 0.412. The van der Waals surface area contributed by atoms with Crippen LogP contribution in [0.4, 0.5) is 4.79 Å². The van der Waals surface area contributed by atoms with E-state index < -0.39 is 6.09 Å². The van der Waals surface area contributed by atoms with Crippen LogP contribution in [-0.2, 0) is 9.59 Å². The van der Waals surface area contributed by atoms with Crippen LogP contribution in [-0.4, -0.2) is 47.7 Å². The topological polar surface area (TPSA) is 100 Å². The van der Waals surface area contributed by atoms with Gasteiger partial charge in [0.15, 0.2) is 0 Å². The quantitative estimate of drug-likeness (QED) is 0.855. The van der Waals surface area contributed by atoms with E-state index in [9.17, 15) is 14.4 Å². The van der Waals surface area contributed by atoms with Gasteiger partial charge >= 0.3 is 6.09 Å². The molecule has 0 radical (unpaired) electrons. The van der Waals surface area contributed by atoms with Crippen molar-refractivity contribution in [2.45, 2.75) is 31.7 Å². The molecule has 1 aromatic rings. The summed E-state index contributed by atoms with van der Waals surface area (Å²) >= 11 is 0. The molecule has 8 nitrogen and oxygen atoms in total. The number of piperidine rings is 1. The van der Waals surface area contributed by atoms with Crippen LogP contribution >= 0.6 is 0 Å². The van der Waals surface area contributed by atoms with Crippen LogP contribution in [0.25, 0.3) is 0 Å². The van der Waals surface area contributed by atoms with Crippen LogP contribution in [0.2, 0.25) is 0 Å². The Kier molecular flexibility index (Phi) is 5.27. The van der Waals surface area contributed by atoms with E-state index in [1.54, 1.807) is 29.2 Å². The third-order valence-electron chi connectivity index (χ3n) is 4.21. The molecule has 0 unspecified atom stereocenters. The molecule has 3 amide bonds. The molecule has 3 rings (SSSR count). The lowest BCUT2D eigenvalue weighted by atomic mass is 10.0. The van der Waals surface area contributed by atoms with Crippen molar-refractivity contribution in [3.63, 3.8) is 0 Å². The molecule has 0 aliphatic carbocycles. The predicted octanol–water partition coefficient (Wildman–Crippen LogP) is 1.03. The summed E-state index contributed by atoms with van der Waals surface area (Å²) in [5.41, 5.74) is 2.72. The normalized spacial score (nSPS) is 18.2. The first-order chi connectivity index (χ1) is 12.1. The van der Waals surface area contributed by atoms with Gasteiger partial charge in [0.25, 0.3) is 5.91 Å². The SMILES string of the molecule is O=C1CCC(C(=O)N2CCC(NC(=O)Oc3ccccc3)CC2)=NN1. The number of hydrogen-bond acceptors (Lipinski definition) is 5.